The Morgan fingerprint density at radius 2 is 1.56 bits per heavy atom. The standard InChI is InChI=1S/C19H26N2O4/c1-13-6-7-15(12-14(13)2)16-17(19(23)20(3)18(16)22)21(8-10-24-4)9-11-25-5/h6-7,12H,8-11H2,1-5H3. The number of hydrogen-bond acceptors (Lipinski definition) is 5. The average Bonchev–Trinajstić information content (AvgIpc) is 2.82. The van der Waals surface area contributed by atoms with Gasteiger partial charge in [0.15, 0.2) is 0 Å². The van der Waals surface area contributed by atoms with E-state index in [9.17, 15) is 9.59 Å². The first-order chi connectivity index (χ1) is 11.9. The molecule has 25 heavy (non-hydrogen) atoms. The molecule has 6 heteroatoms. The van der Waals surface area contributed by atoms with Gasteiger partial charge in [-0.2, -0.15) is 0 Å². The number of hydrogen-bond donors (Lipinski definition) is 0. The van der Waals surface area contributed by atoms with Gasteiger partial charge >= 0.3 is 0 Å². The number of rotatable bonds is 8. The van der Waals surface area contributed by atoms with E-state index in [0.29, 0.717) is 37.6 Å². The molecule has 2 amide bonds. The molecule has 0 fully saturated rings. The normalized spacial score (nSPS) is 14.7. The molecule has 2 rings (SSSR count). The van der Waals surface area contributed by atoms with Crippen molar-refractivity contribution in [2.24, 2.45) is 0 Å². The zero-order valence-corrected chi connectivity index (χ0v) is 15.6. The lowest BCUT2D eigenvalue weighted by Crippen LogP contribution is -2.36. The summed E-state index contributed by atoms with van der Waals surface area (Å²) in [5.74, 6) is -0.562. The molecule has 0 aromatic heterocycles. The number of benzene rings is 1. The molecule has 0 N–H and O–H groups in total. The lowest BCUT2D eigenvalue weighted by molar-refractivity contribution is -0.136. The second-order valence-corrected chi connectivity index (χ2v) is 6.16. The Labute approximate surface area is 149 Å². The number of aryl methyl sites for hydroxylation is 2. The van der Waals surface area contributed by atoms with Gasteiger partial charge in [-0.05, 0) is 30.5 Å². The number of imide groups is 1. The molecule has 0 aliphatic carbocycles. The molecule has 0 saturated heterocycles. The molecule has 1 aliphatic rings. The van der Waals surface area contributed by atoms with Crippen molar-refractivity contribution in [2.75, 3.05) is 47.6 Å². The highest BCUT2D eigenvalue weighted by molar-refractivity contribution is 6.35. The van der Waals surface area contributed by atoms with Crippen LogP contribution >= 0.6 is 0 Å². The van der Waals surface area contributed by atoms with Gasteiger partial charge in [-0.15, -0.1) is 0 Å². The van der Waals surface area contributed by atoms with Crippen LogP contribution in [0, 0.1) is 13.8 Å². The first-order valence-corrected chi connectivity index (χ1v) is 8.29. The first-order valence-electron chi connectivity index (χ1n) is 8.29. The van der Waals surface area contributed by atoms with Crippen LogP contribution in [0.1, 0.15) is 16.7 Å². The number of carbonyl (C=O) groups is 2. The predicted molar refractivity (Wildman–Crippen MR) is 95.9 cm³/mol. The van der Waals surface area contributed by atoms with Crippen molar-refractivity contribution in [1.82, 2.24) is 9.80 Å². The van der Waals surface area contributed by atoms with Crippen LogP contribution in [-0.2, 0) is 19.1 Å². The predicted octanol–water partition coefficient (Wildman–Crippen LogP) is 1.61. The number of likely N-dealkylation sites (N-methyl/N-ethyl adjacent to an activating group) is 1. The van der Waals surface area contributed by atoms with Gasteiger partial charge < -0.3 is 14.4 Å². The smallest absolute Gasteiger partial charge is 0.277 e. The molecule has 0 unspecified atom stereocenters. The maximum atomic E-state index is 12.7. The van der Waals surface area contributed by atoms with Crippen molar-refractivity contribution in [3.8, 4) is 0 Å². The SMILES string of the molecule is COCCN(CCOC)C1=C(c2ccc(C)c(C)c2)C(=O)N(C)C1=O. The van der Waals surface area contributed by atoms with Gasteiger partial charge in [-0.3, -0.25) is 14.5 Å². The molecular formula is C19H26N2O4. The molecule has 1 heterocycles. The summed E-state index contributed by atoms with van der Waals surface area (Å²) in [6.45, 7) is 5.95. The van der Waals surface area contributed by atoms with Crippen molar-refractivity contribution in [3.05, 3.63) is 40.6 Å². The summed E-state index contributed by atoms with van der Waals surface area (Å²) >= 11 is 0. The lowest BCUT2D eigenvalue weighted by atomic mass is 9.99. The number of carbonyl (C=O) groups excluding carboxylic acids is 2. The Morgan fingerprint density at radius 1 is 0.960 bits per heavy atom. The molecule has 136 valence electrons. The van der Waals surface area contributed by atoms with E-state index in [0.717, 1.165) is 16.7 Å². The lowest BCUT2D eigenvalue weighted by Gasteiger charge is -2.25. The van der Waals surface area contributed by atoms with Gasteiger partial charge in [0.2, 0.25) is 0 Å². The molecule has 1 aromatic carbocycles. The third kappa shape index (κ3) is 3.91. The van der Waals surface area contributed by atoms with E-state index in [-0.39, 0.29) is 11.8 Å². The van der Waals surface area contributed by atoms with Crippen LogP contribution in [-0.4, -0.2) is 69.2 Å². The number of methoxy groups -OCH3 is 2. The molecule has 0 bridgehead atoms. The summed E-state index contributed by atoms with van der Waals surface area (Å²) in [4.78, 5) is 28.5. The summed E-state index contributed by atoms with van der Waals surface area (Å²) < 4.78 is 10.3. The minimum Gasteiger partial charge on any atom is -0.383 e. The maximum absolute atomic E-state index is 12.7. The highest BCUT2D eigenvalue weighted by Gasteiger charge is 2.39. The van der Waals surface area contributed by atoms with E-state index >= 15 is 0 Å². The molecule has 6 nitrogen and oxygen atoms in total. The fourth-order valence-electron chi connectivity index (χ4n) is 2.82. The van der Waals surface area contributed by atoms with Crippen LogP contribution in [0.5, 0.6) is 0 Å². The molecule has 1 aromatic rings. The Morgan fingerprint density at radius 3 is 2.08 bits per heavy atom. The Kier molecular flexibility index (Phi) is 6.33. The summed E-state index contributed by atoms with van der Waals surface area (Å²) in [6, 6.07) is 5.83. The summed E-state index contributed by atoms with van der Waals surface area (Å²) in [5.41, 5.74) is 3.86. The van der Waals surface area contributed by atoms with Crippen molar-refractivity contribution in [1.29, 1.82) is 0 Å². The fraction of sp³-hybridized carbons (Fsp3) is 0.474. The van der Waals surface area contributed by atoms with E-state index in [2.05, 4.69) is 0 Å². The topological polar surface area (TPSA) is 59.1 Å². The van der Waals surface area contributed by atoms with Crippen molar-refractivity contribution in [2.45, 2.75) is 13.8 Å². The Bertz CT molecular complexity index is 689. The second-order valence-electron chi connectivity index (χ2n) is 6.16. The van der Waals surface area contributed by atoms with Gasteiger partial charge in [0.1, 0.15) is 5.70 Å². The van der Waals surface area contributed by atoms with Crippen molar-refractivity contribution in [3.63, 3.8) is 0 Å². The summed E-state index contributed by atoms with van der Waals surface area (Å²) in [6.07, 6.45) is 0. The van der Waals surface area contributed by atoms with Gasteiger partial charge in [0, 0.05) is 34.4 Å². The highest BCUT2D eigenvalue weighted by atomic mass is 16.5. The average molecular weight is 346 g/mol. The van der Waals surface area contributed by atoms with Crippen LogP contribution < -0.4 is 0 Å². The summed E-state index contributed by atoms with van der Waals surface area (Å²) in [5, 5.41) is 0. The second kappa shape index (κ2) is 8.27. The van der Waals surface area contributed by atoms with E-state index in [1.165, 1.54) is 11.9 Å². The summed E-state index contributed by atoms with van der Waals surface area (Å²) in [7, 11) is 4.74. The quantitative estimate of drug-likeness (QED) is 0.669. The van der Waals surface area contributed by atoms with Gasteiger partial charge in [0.05, 0.1) is 18.8 Å². The Balaban J connectivity index is 2.54. The number of nitrogens with zero attached hydrogens (tertiary/aromatic N) is 2. The molecule has 0 radical (unpaired) electrons. The Hall–Kier alpha value is -2.18. The van der Waals surface area contributed by atoms with Crippen LogP contribution in [0.25, 0.3) is 5.57 Å². The monoisotopic (exact) mass is 346 g/mol. The van der Waals surface area contributed by atoms with E-state index in [1.807, 2.05) is 36.9 Å². The molecule has 1 aliphatic heterocycles. The molecule has 0 spiro atoms. The van der Waals surface area contributed by atoms with Crippen LogP contribution in [0.4, 0.5) is 0 Å². The van der Waals surface area contributed by atoms with E-state index in [1.54, 1.807) is 14.2 Å². The van der Waals surface area contributed by atoms with Gasteiger partial charge in [-0.1, -0.05) is 18.2 Å². The third-order valence-corrected chi connectivity index (χ3v) is 4.50. The fourth-order valence-corrected chi connectivity index (χ4v) is 2.82. The number of ether oxygens (including phenoxy) is 2. The third-order valence-electron chi connectivity index (χ3n) is 4.50. The zero-order chi connectivity index (χ0) is 18.6. The first kappa shape index (κ1) is 19.1. The van der Waals surface area contributed by atoms with E-state index < -0.39 is 0 Å². The highest BCUT2D eigenvalue weighted by Crippen LogP contribution is 2.31. The minimum absolute atomic E-state index is 0.275. The van der Waals surface area contributed by atoms with Crippen LogP contribution in [0.3, 0.4) is 0 Å². The maximum Gasteiger partial charge on any atom is 0.277 e. The molecule has 0 atom stereocenters. The number of amides is 2. The minimum atomic E-state index is -0.287. The van der Waals surface area contributed by atoms with E-state index in [4.69, 9.17) is 9.47 Å². The molecular weight excluding hydrogens is 320 g/mol. The van der Waals surface area contributed by atoms with Gasteiger partial charge in [0.25, 0.3) is 11.8 Å². The zero-order valence-electron chi connectivity index (χ0n) is 15.6. The van der Waals surface area contributed by atoms with Crippen molar-refractivity contribution < 1.29 is 19.1 Å². The van der Waals surface area contributed by atoms with Gasteiger partial charge in [-0.25, -0.2) is 0 Å². The largest absolute Gasteiger partial charge is 0.383 e. The van der Waals surface area contributed by atoms with Crippen molar-refractivity contribution >= 4 is 17.4 Å². The van der Waals surface area contributed by atoms with Crippen LogP contribution in [0.15, 0.2) is 23.9 Å². The van der Waals surface area contributed by atoms with Crippen LogP contribution in [0.2, 0.25) is 0 Å². The molecule has 0 saturated carbocycles.